The molecule has 1 aromatic rings. The van der Waals surface area contributed by atoms with Crippen molar-refractivity contribution in [1.29, 1.82) is 0 Å². The first-order valence-electron chi connectivity index (χ1n) is 4.47. The second kappa shape index (κ2) is 3.86. The van der Waals surface area contributed by atoms with Gasteiger partial charge in [-0.2, -0.15) is 0 Å². The molecule has 2 rings (SSSR count). The predicted octanol–water partition coefficient (Wildman–Crippen LogP) is 1.33. The summed E-state index contributed by atoms with van der Waals surface area (Å²) in [6.45, 7) is 2.71. The average Bonchev–Trinajstić information content (AvgIpc) is 2.71. The SMILES string of the molecule is CC(=O)c1ccc(C2OCCO2)nc1. The molecule has 1 aliphatic rings. The molecule has 4 nitrogen and oxygen atoms in total. The minimum Gasteiger partial charge on any atom is -0.345 e. The molecule has 0 saturated carbocycles. The van der Waals surface area contributed by atoms with Crippen molar-refractivity contribution >= 4 is 5.78 Å². The highest BCUT2D eigenvalue weighted by molar-refractivity contribution is 5.93. The van der Waals surface area contributed by atoms with Gasteiger partial charge in [-0.15, -0.1) is 0 Å². The number of pyridine rings is 1. The van der Waals surface area contributed by atoms with E-state index in [0.717, 1.165) is 0 Å². The quantitative estimate of drug-likeness (QED) is 0.665. The van der Waals surface area contributed by atoms with Crippen LogP contribution in [0.4, 0.5) is 0 Å². The van der Waals surface area contributed by atoms with Crippen LogP contribution in [0.1, 0.15) is 29.3 Å². The maximum absolute atomic E-state index is 11.0. The van der Waals surface area contributed by atoms with Crippen LogP contribution in [-0.4, -0.2) is 24.0 Å². The largest absolute Gasteiger partial charge is 0.345 e. The second-order valence-electron chi connectivity index (χ2n) is 3.10. The molecule has 4 heteroatoms. The van der Waals surface area contributed by atoms with Crippen LogP contribution in [0.5, 0.6) is 0 Å². The number of ether oxygens (including phenoxy) is 2. The molecule has 14 heavy (non-hydrogen) atoms. The van der Waals surface area contributed by atoms with E-state index in [1.807, 2.05) is 0 Å². The maximum atomic E-state index is 11.0. The first-order chi connectivity index (χ1) is 6.77. The number of nitrogens with zero attached hydrogens (tertiary/aromatic N) is 1. The molecule has 0 spiro atoms. The lowest BCUT2D eigenvalue weighted by atomic mass is 10.2. The van der Waals surface area contributed by atoms with Gasteiger partial charge in [0.25, 0.3) is 0 Å². The monoisotopic (exact) mass is 193 g/mol. The minimum absolute atomic E-state index is 0.0114. The number of hydrogen-bond donors (Lipinski definition) is 0. The van der Waals surface area contributed by atoms with Crippen molar-refractivity contribution in [3.8, 4) is 0 Å². The molecule has 0 unspecified atom stereocenters. The smallest absolute Gasteiger partial charge is 0.201 e. The van der Waals surface area contributed by atoms with Crippen molar-refractivity contribution in [3.05, 3.63) is 29.6 Å². The highest BCUT2D eigenvalue weighted by atomic mass is 16.7. The Hall–Kier alpha value is -1.26. The van der Waals surface area contributed by atoms with Crippen LogP contribution in [0.3, 0.4) is 0 Å². The molecule has 0 atom stereocenters. The molecule has 0 bridgehead atoms. The minimum atomic E-state index is -0.365. The topological polar surface area (TPSA) is 48.4 Å². The van der Waals surface area contributed by atoms with Crippen LogP contribution in [-0.2, 0) is 9.47 Å². The lowest BCUT2D eigenvalue weighted by Crippen LogP contribution is -2.02. The summed E-state index contributed by atoms with van der Waals surface area (Å²) in [7, 11) is 0. The lowest BCUT2D eigenvalue weighted by molar-refractivity contribution is -0.0473. The van der Waals surface area contributed by atoms with Crippen LogP contribution < -0.4 is 0 Å². The van der Waals surface area contributed by atoms with Crippen LogP contribution in [0.2, 0.25) is 0 Å². The summed E-state index contributed by atoms with van der Waals surface area (Å²) in [4.78, 5) is 15.1. The summed E-state index contributed by atoms with van der Waals surface area (Å²) in [6.07, 6.45) is 1.18. The molecular formula is C10H11NO3. The number of carbonyl (C=O) groups excluding carboxylic acids is 1. The summed E-state index contributed by atoms with van der Waals surface area (Å²) < 4.78 is 10.5. The Bertz CT molecular complexity index is 328. The van der Waals surface area contributed by atoms with E-state index in [4.69, 9.17) is 9.47 Å². The third-order valence-corrected chi connectivity index (χ3v) is 2.06. The molecule has 1 saturated heterocycles. The Kier molecular flexibility index (Phi) is 2.56. The highest BCUT2D eigenvalue weighted by Crippen LogP contribution is 2.21. The van der Waals surface area contributed by atoms with Gasteiger partial charge in [-0.25, -0.2) is 0 Å². The van der Waals surface area contributed by atoms with Gasteiger partial charge in [-0.05, 0) is 19.1 Å². The highest BCUT2D eigenvalue weighted by Gasteiger charge is 2.19. The van der Waals surface area contributed by atoms with Gasteiger partial charge in [-0.1, -0.05) is 0 Å². The third kappa shape index (κ3) is 1.81. The number of Topliss-reactive ketones (excluding diaryl/α,β-unsaturated/α-hetero) is 1. The van der Waals surface area contributed by atoms with Gasteiger partial charge in [-0.3, -0.25) is 9.78 Å². The molecule has 0 amide bonds. The summed E-state index contributed by atoms with van der Waals surface area (Å²) in [5.41, 5.74) is 1.32. The van der Waals surface area contributed by atoms with Crippen molar-refractivity contribution in [2.75, 3.05) is 13.2 Å². The van der Waals surface area contributed by atoms with Gasteiger partial charge in [0.2, 0.25) is 6.29 Å². The molecule has 1 aromatic heterocycles. The van der Waals surface area contributed by atoms with Crippen LogP contribution in [0.15, 0.2) is 18.3 Å². The first-order valence-corrected chi connectivity index (χ1v) is 4.47. The fourth-order valence-corrected chi connectivity index (χ4v) is 1.28. The summed E-state index contributed by atoms with van der Waals surface area (Å²) in [5, 5.41) is 0. The Morgan fingerprint density at radius 3 is 2.64 bits per heavy atom. The van der Waals surface area contributed by atoms with Gasteiger partial charge in [0, 0.05) is 11.8 Å². The Labute approximate surface area is 81.9 Å². The zero-order chi connectivity index (χ0) is 9.97. The van der Waals surface area contributed by atoms with Crippen LogP contribution >= 0.6 is 0 Å². The number of rotatable bonds is 2. The van der Waals surface area contributed by atoms with Crippen molar-refractivity contribution in [2.24, 2.45) is 0 Å². The van der Waals surface area contributed by atoms with Gasteiger partial charge in [0.05, 0.1) is 18.9 Å². The van der Waals surface area contributed by atoms with Gasteiger partial charge in [0.15, 0.2) is 5.78 Å². The Morgan fingerprint density at radius 2 is 2.14 bits per heavy atom. The van der Waals surface area contributed by atoms with Crippen molar-refractivity contribution in [1.82, 2.24) is 4.98 Å². The van der Waals surface area contributed by atoms with E-state index in [9.17, 15) is 4.79 Å². The van der Waals surface area contributed by atoms with Gasteiger partial charge in [0.1, 0.15) is 0 Å². The first kappa shape index (κ1) is 9.30. The molecule has 1 fully saturated rings. The van der Waals surface area contributed by atoms with E-state index in [0.29, 0.717) is 24.5 Å². The molecule has 2 heterocycles. The summed E-state index contributed by atoms with van der Waals surface area (Å²) >= 11 is 0. The number of carbonyl (C=O) groups is 1. The molecule has 1 aliphatic heterocycles. The summed E-state index contributed by atoms with van der Waals surface area (Å²) in [6, 6.07) is 3.49. The fraction of sp³-hybridized carbons (Fsp3) is 0.400. The second-order valence-corrected chi connectivity index (χ2v) is 3.10. The predicted molar refractivity (Wildman–Crippen MR) is 48.9 cm³/mol. The average molecular weight is 193 g/mol. The summed E-state index contributed by atoms with van der Waals surface area (Å²) in [5.74, 6) is 0.0114. The van der Waals surface area contributed by atoms with Crippen molar-refractivity contribution in [3.63, 3.8) is 0 Å². The standard InChI is InChI=1S/C10H11NO3/c1-7(12)8-2-3-9(11-6-8)10-13-4-5-14-10/h2-3,6,10H,4-5H2,1H3. The third-order valence-electron chi connectivity index (χ3n) is 2.06. The lowest BCUT2D eigenvalue weighted by Gasteiger charge is -2.07. The van der Waals surface area contributed by atoms with E-state index >= 15 is 0 Å². The molecule has 74 valence electrons. The molecule has 0 aliphatic carbocycles. The van der Waals surface area contributed by atoms with E-state index < -0.39 is 0 Å². The normalized spacial score (nSPS) is 17.2. The van der Waals surface area contributed by atoms with Crippen LogP contribution in [0.25, 0.3) is 0 Å². The Balaban J connectivity index is 2.16. The number of aromatic nitrogens is 1. The van der Waals surface area contributed by atoms with Crippen molar-refractivity contribution in [2.45, 2.75) is 13.2 Å². The van der Waals surface area contributed by atoms with E-state index in [-0.39, 0.29) is 12.1 Å². The molecule has 0 N–H and O–H groups in total. The van der Waals surface area contributed by atoms with E-state index in [1.54, 1.807) is 18.3 Å². The number of ketones is 1. The molecule has 0 radical (unpaired) electrons. The fourth-order valence-electron chi connectivity index (χ4n) is 1.28. The van der Waals surface area contributed by atoms with Crippen molar-refractivity contribution < 1.29 is 14.3 Å². The van der Waals surface area contributed by atoms with Gasteiger partial charge >= 0.3 is 0 Å². The van der Waals surface area contributed by atoms with Gasteiger partial charge < -0.3 is 9.47 Å². The molecular weight excluding hydrogens is 182 g/mol. The Morgan fingerprint density at radius 1 is 1.43 bits per heavy atom. The number of hydrogen-bond acceptors (Lipinski definition) is 4. The van der Waals surface area contributed by atoms with E-state index in [2.05, 4.69) is 4.98 Å². The van der Waals surface area contributed by atoms with E-state index in [1.165, 1.54) is 6.92 Å². The molecule has 0 aromatic carbocycles. The maximum Gasteiger partial charge on any atom is 0.201 e. The zero-order valence-corrected chi connectivity index (χ0v) is 7.90. The van der Waals surface area contributed by atoms with Crippen LogP contribution in [0, 0.1) is 0 Å². The zero-order valence-electron chi connectivity index (χ0n) is 7.90.